The van der Waals surface area contributed by atoms with Gasteiger partial charge in [-0.15, -0.1) is 0 Å². The van der Waals surface area contributed by atoms with Crippen LogP contribution in [-0.4, -0.2) is 48.7 Å². The summed E-state index contributed by atoms with van der Waals surface area (Å²) in [6, 6.07) is 7.92. The predicted octanol–water partition coefficient (Wildman–Crippen LogP) is 4.08. The Morgan fingerprint density at radius 1 is 1.28 bits per heavy atom. The molecule has 2 aromatic rings. The minimum atomic E-state index is -0.744. The molecule has 3 rings (SSSR count). The van der Waals surface area contributed by atoms with Gasteiger partial charge in [0, 0.05) is 12.0 Å². The summed E-state index contributed by atoms with van der Waals surface area (Å²) in [5, 5.41) is 19.3. The number of hydrogen-bond acceptors (Lipinski definition) is 6. The molecular formula is C25H29FO6. The third-order valence-electron chi connectivity index (χ3n) is 5.30. The van der Waals surface area contributed by atoms with Gasteiger partial charge in [0.15, 0.2) is 11.5 Å². The molecule has 0 radical (unpaired) electrons. The number of ether oxygens (including phenoxy) is 3. The predicted molar refractivity (Wildman–Crippen MR) is 119 cm³/mol. The van der Waals surface area contributed by atoms with Gasteiger partial charge < -0.3 is 24.4 Å². The Labute approximate surface area is 187 Å². The molecule has 0 aromatic heterocycles. The summed E-state index contributed by atoms with van der Waals surface area (Å²) < 4.78 is 30.5. The van der Waals surface area contributed by atoms with E-state index in [1.165, 1.54) is 19.2 Å². The van der Waals surface area contributed by atoms with Gasteiger partial charge in [0.05, 0.1) is 26.2 Å². The fraction of sp³-hybridized carbons (Fsp3) is 0.400. The molecule has 2 N–H and O–H groups in total. The number of cyclic esters (lactones) is 1. The van der Waals surface area contributed by atoms with Crippen LogP contribution < -0.4 is 9.47 Å². The van der Waals surface area contributed by atoms with Crippen LogP contribution in [0.3, 0.4) is 0 Å². The summed E-state index contributed by atoms with van der Waals surface area (Å²) in [5.74, 6) is 0.229. The molecule has 0 spiro atoms. The monoisotopic (exact) mass is 444 g/mol. The molecule has 1 aliphatic rings. The van der Waals surface area contributed by atoms with Crippen molar-refractivity contribution >= 4 is 12.0 Å². The van der Waals surface area contributed by atoms with E-state index >= 15 is 0 Å². The lowest BCUT2D eigenvalue weighted by molar-refractivity contribution is -0.156. The van der Waals surface area contributed by atoms with Gasteiger partial charge in [-0.05, 0) is 46.9 Å². The maximum atomic E-state index is 13.6. The first-order valence-electron chi connectivity index (χ1n) is 10.6. The number of carbonyl (C=O) groups is 1. The summed E-state index contributed by atoms with van der Waals surface area (Å²) in [5.41, 5.74) is 3.15. The van der Waals surface area contributed by atoms with Crippen molar-refractivity contribution in [2.45, 2.75) is 44.8 Å². The average Bonchev–Trinajstić information content (AvgIpc) is 2.75. The summed E-state index contributed by atoms with van der Waals surface area (Å²) in [6.07, 6.45) is 2.59. The summed E-state index contributed by atoms with van der Waals surface area (Å²) in [6.45, 7) is 3.96. The molecule has 1 saturated heterocycles. The average molecular weight is 444 g/mol. The first-order chi connectivity index (χ1) is 15.3. The van der Waals surface area contributed by atoms with Gasteiger partial charge in [-0.1, -0.05) is 32.1 Å². The highest BCUT2D eigenvalue weighted by Crippen LogP contribution is 2.45. The molecule has 6 nitrogen and oxygen atoms in total. The van der Waals surface area contributed by atoms with Gasteiger partial charge in [0.2, 0.25) is 0 Å². The highest BCUT2D eigenvalue weighted by Gasteiger charge is 2.26. The van der Waals surface area contributed by atoms with Crippen molar-refractivity contribution in [3.8, 4) is 22.6 Å². The molecule has 2 atom stereocenters. The lowest BCUT2D eigenvalue weighted by atomic mass is 9.88. The Balaban J connectivity index is 2.20. The second-order valence-corrected chi connectivity index (χ2v) is 8.00. The van der Waals surface area contributed by atoms with Crippen LogP contribution in [-0.2, 0) is 9.53 Å². The molecule has 0 saturated carbocycles. The van der Waals surface area contributed by atoms with Crippen molar-refractivity contribution < 1.29 is 33.6 Å². The topological polar surface area (TPSA) is 85.2 Å². The van der Waals surface area contributed by atoms with Crippen molar-refractivity contribution in [3.05, 3.63) is 53.4 Å². The van der Waals surface area contributed by atoms with Crippen LogP contribution in [0.25, 0.3) is 17.2 Å². The zero-order valence-corrected chi connectivity index (χ0v) is 18.5. The molecule has 7 heteroatoms. The van der Waals surface area contributed by atoms with E-state index in [1.54, 1.807) is 18.2 Å². The second kappa shape index (κ2) is 10.6. The van der Waals surface area contributed by atoms with E-state index in [9.17, 15) is 19.4 Å². The smallest absolute Gasteiger partial charge is 0.309 e. The van der Waals surface area contributed by atoms with E-state index in [0.717, 1.165) is 11.1 Å². The molecule has 1 aliphatic heterocycles. The van der Waals surface area contributed by atoms with E-state index in [4.69, 9.17) is 14.2 Å². The standard InChI is InChI=1S/C25H29FO6/c1-15(2)21-14-22(30-3)25(31-11-10-27)24(16-4-6-17(26)7-5-16)20(21)9-8-19-12-18(28)13-23(29)32-19/h4-9,14-15,18-19,27-28H,10-13H2,1-3H3/t18-,19-/m1/s1. The van der Waals surface area contributed by atoms with Crippen LogP contribution in [0.2, 0.25) is 0 Å². The largest absolute Gasteiger partial charge is 0.493 e. The molecule has 32 heavy (non-hydrogen) atoms. The molecule has 1 fully saturated rings. The molecule has 0 amide bonds. The number of hydrogen-bond donors (Lipinski definition) is 2. The number of carbonyl (C=O) groups excluding carboxylic acids is 1. The third kappa shape index (κ3) is 5.47. The Kier molecular flexibility index (Phi) is 7.88. The first-order valence-corrected chi connectivity index (χ1v) is 10.6. The second-order valence-electron chi connectivity index (χ2n) is 8.00. The lowest BCUT2D eigenvalue weighted by Crippen LogP contribution is -2.31. The molecule has 1 heterocycles. The number of aliphatic hydroxyl groups is 2. The van der Waals surface area contributed by atoms with Crippen molar-refractivity contribution in [1.29, 1.82) is 0 Å². The lowest BCUT2D eigenvalue weighted by Gasteiger charge is -2.25. The van der Waals surface area contributed by atoms with Gasteiger partial charge in [-0.3, -0.25) is 4.79 Å². The van der Waals surface area contributed by atoms with E-state index in [-0.39, 0.29) is 31.4 Å². The van der Waals surface area contributed by atoms with E-state index in [2.05, 4.69) is 0 Å². The van der Waals surface area contributed by atoms with Crippen LogP contribution in [0, 0.1) is 5.82 Å². The summed E-state index contributed by atoms with van der Waals surface area (Å²) in [4.78, 5) is 11.7. The van der Waals surface area contributed by atoms with Crippen LogP contribution in [0.1, 0.15) is 43.7 Å². The van der Waals surface area contributed by atoms with Gasteiger partial charge in [0.1, 0.15) is 18.5 Å². The molecule has 0 bridgehead atoms. The number of esters is 1. The van der Waals surface area contributed by atoms with Crippen molar-refractivity contribution in [2.75, 3.05) is 20.3 Å². The third-order valence-corrected chi connectivity index (χ3v) is 5.30. The van der Waals surface area contributed by atoms with E-state index < -0.39 is 18.2 Å². The van der Waals surface area contributed by atoms with Gasteiger partial charge >= 0.3 is 5.97 Å². The molecule has 0 unspecified atom stereocenters. The molecule has 2 aromatic carbocycles. The van der Waals surface area contributed by atoms with Gasteiger partial charge in [0.25, 0.3) is 0 Å². The van der Waals surface area contributed by atoms with Gasteiger partial charge in [-0.25, -0.2) is 4.39 Å². The Bertz CT molecular complexity index is 967. The molecule has 0 aliphatic carbocycles. The van der Waals surface area contributed by atoms with Gasteiger partial charge in [-0.2, -0.15) is 0 Å². The van der Waals surface area contributed by atoms with Crippen LogP contribution in [0.4, 0.5) is 4.39 Å². The minimum absolute atomic E-state index is 0.00982. The molecular weight excluding hydrogens is 415 g/mol. The fourth-order valence-corrected chi connectivity index (χ4v) is 3.81. The number of benzene rings is 2. The Hall–Kier alpha value is -2.90. The first kappa shape index (κ1) is 23.8. The maximum absolute atomic E-state index is 13.6. The van der Waals surface area contributed by atoms with E-state index in [1.807, 2.05) is 26.0 Å². The minimum Gasteiger partial charge on any atom is -0.493 e. The van der Waals surface area contributed by atoms with E-state index in [0.29, 0.717) is 29.0 Å². The van der Waals surface area contributed by atoms with Crippen molar-refractivity contribution in [1.82, 2.24) is 0 Å². The summed E-state index contributed by atoms with van der Waals surface area (Å²) in [7, 11) is 1.54. The quantitative estimate of drug-likeness (QED) is 0.597. The van der Waals surface area contributed by atoms with Crippen LogP contribution >= 0.6 is 0 Å². The number of aliphatic hydroxyl groups excluding tert-OH is 2. The molecule has 172 valence electrons. The van der Waals surface area contributed by atoms with Crippen LogP contribution in [0.15, 0.2) is 36.4 Å². The summed E-state index contributed by atoms with van der Waals surface area (Å²) >= 11 is 0. The SMILES string of the molecule is COc1cc(C(C)C)c(C=C[C@@H]2C[C@@H](O)CC(=O)O2)c(-c2ccc(F)cc2)c1OCCO. The number of rotatable bonds is 8. The normalized spacial score (nSPS) is 18.8. The van der Waals surface area contributed by atoms with Crippen molar-refractivity contribution in [2.24, 2.45) is 0 Å². The Morgan fingerprint density at radius 3 is 2.59 bits per heavy atom. The van der Waals surface area contributed by atoms with Crippen molar-refractivity contribution in [3.63, 3.8) is 0 Å². The fourth-order valence-electron chi connectivity index (χ4n) is 3.81. The van der Waals surface area contributed by atoms with Crippen LogP contribution in [0.5, 0.6) is 11.5 Å². The highest BCUT2D eigenvalue weighted by atomic mass is 19.1. The maximum Gasteiger partial charge on any atom is 0.309 e. The number of methoxy groups -OCH3 is 1. The number of halogens is 1. The zero-order valence-electron chi connectivity index (χ0n) is 18.5. The highest BCUT2D eigenvalue weighted by molar-refractivity contribution is 5.85. The zero-order chi connectivity index (χ0) is 23.3. The Morgan fingerprint density at radius 2 is 2.00 bits per heavy atom.